The second-order valence-corrected chi connectivity index (χ2v) is 6.53. The first-order valence-electron chi connectivity index (χ1n) is 7.47. The lowest BCUT2D eigenvalue weighted by atomic mass is 10.0. The highest BCUT2D eigenvalue weighted by Gasteiger charge is 2.40. The van der Waals surface area contributed by atoms with Gasteiger partial charge >= 0.3 is 6.01 Å². The topological polar surface area (TPSA) is 60.6 Å². The zero-order chi connectivity index (χ0) is 15.9. The molecular weight excluding hydrogens is 341 g/mol. The van der Waals surface area contributed by atoms with Crippen LogP contribution in [0.1, 0.15) is 12.8 Å². The number of benzene rings is 1. The summed E-state index contributed by atoms with van der Waals surface area (Å²) < 4.78 is 16.8. The molecule has 0 N–H and O–H groups in total. The van der Waals surface area contributed by atoms with E-state index in [2.05, 4.69) is 10.1 Å². The lowest BCUT2D eigenvalue weighted by Crippen LogP contribution is -2.45. The summed E-state index contributed by atoms with van der Waals surface area (Å²) in [5.74, 6) is 0.0536. The van der Waals surface area contributed by atoms with Crippen molar-refractivity contribution in [3.05, 3.63) is 28.2 Å². The second kappa shape index (κ2) is 5.94. The van der Waals surface area contributed by atoms with Crippen molar-refractivity contribution in [3.8, 4) is 11.4 Å². The molecule has 2 fully saturated rings. The molecule has 1 aromatic carbocycles. The summed E-state index contributed by atoms with van der Waals surface area (Å²) in [6.07, 6.45) is 1.57. The third-order valence-corrected chi connectivity index (χ3v) is 4.58. The molecule has 0 radical (unpaired) electrons. The van der Waals surface area contributed by atoms with Crippen molar-refractivity contribution < 1.29 is 14.0 Å². The Bertz CT molecular complexity index is 685. The number of piperidine rings is 1. The zero-order valence-corrected chi connectivity index (χ0v) is 13.8. The summed E-state index contributed by atoms with van der Waals surface area (Å²) in [6.45, 7) is 2.83. The Kier molecular flexibility index (Phi) is 3.93. The number of aromatic nitrogens is 2. The molecule has 1 aromatic heterocycles. The molecular formula is C15H15Cl2N3O3. The summed E-state index contributed by atoms with van der Waals surface area (Å²) in [5, 5.41) is 5.10. The molecule has 0 amide bonds. The van der Waals surface area contributed by atoms with Crippen LogP contribution in [0.2, 0.25) is 10.0 Å². The van der Waals surface area contributed by atoms with Crippen molar-refractivity contribution >= 4 is 29.2 Å². The quantitative estimate of drug-likeness (QED) is 0.822. The van der Waals surface area contributed by atoms with Crippen LogP contribution >= 0.6 is 23.2 Å². The first-order chi connectivity index (χ1) is 11.1. The maximum atomic E-state index is 6.02. The van der Waals surface area contributed by atoms with Crippen LogP contribution in [0.15, 0.2) is 22.7 Å². The van der Waals surface area contributed by atoms with Crippen LogP contribution in [0.4, 0.5) is 6.01 Å². The number of rotatable bonds is 2. The van der Waals surface area contributed by atoms with Gasteiger partial charge in [-0.3, -0.25) is 0 Å². The zero-order valence-electron chi connectivity index (χ0n) is 12.3. The van der Waals surface area contributed by atoms with Gasteiger partial charge in [0.15, 0.2) is 5.79 Å². The van der Waals surface area contributed by atoms with Gasteiger partial charge in [-0.15, -0.1) is 0 Å². The lowest BCUT2D eigenvalue weighted by Gasteiger charge is -2.36. The Hall–Kier alpha value is -1.34. The van der Waals surface area contributed by atoms with E-state index in [1.54, 1.807) is 18.2 Å². The van der Waals surface area contributed by atoms with Gasteiger partial charge in [-0.05, 0) is 18.2 Å². The van der Waals surface area contributed by atoms with Gasteiger partial charge in [-0.2, -0.15) is 4.98 Å². The van der Waals surface area contributed by atoms with E-state index in [1.807, 2.05) is 4.90 Å². The van der Waals surface area contributed by atoms with E-state index in [0.29, 0.717) is 35.1 Å². The standard InChI is InChI=1S/C15H15Cl2N3O3/c16-11-7-10(8-12(17)9-11)13-18-14(23-19-13)20-3-1-15(2-4-20)21-5-6-22-15/h7-9H,1-6H2. The van der Waals surface area contributed by atoms with Crippen molar-refractivity contribution in [1.82, 2.24) is 10.1 Å². The minimum absolute atomic E-state index is 0.417. The van der Waals surface area contributed by atoms with Crippen LogP contribution in [-0.4, -0.2) is 42.2 Å². The number of hydrogen-bond donors (Lipinski definition) is 0. The Morgan fingerprint density at radius 2 is 1.65 bits per heavy atom. The van der Waals surface area contributed by atoms with Gasteiger partial charge in [0.25, 0.3) is 0 Å². The van der Waals surface area contributed by atoms with Crippen molar-refractivity contribution in [3.63, 3.8) is 0 Å². The van der Waals surface area contributed by atoms with E-state index in [9.17, 15) is 0 Å². The highest BCUT2D eigenvalue weighted by molar-refractivity contribution is 6.35. The molecule has 0 atom stereocenters. The fourth-order valence-electron chi connectivity index (χ4n) is 2.97. The van der Waals surface area contributed by atoms with Crippen molar-refractivity contribution in [2.45, 2.75) is 18.6 Å². The largest absolute Gasteiger partial charge is 0.347 e. The predicted molar refractivity (Wildman–Crippen MR) is 85.8 cm³/mol. The fraction of sp³-hybridized carbons (Fsp3) is 0.467. The molecule has 2 aliphatic heterocycles. The van der Waals surface area contributed by atoms with E-state index in [-0.39, 0.29) is 0 Å². The number of hydrogen-bond acceptors (Lipinski definition) is 6. The average molecular weight is 356 g/mol. The third-order valence-electron chi connectivity index (χ3n) is 4.15. The third kappa shape index (κ3) is 3.04. The van der Waals surface area contributed by atoms with Crippen LogP contribution in [-0.2, 0) is 9.47 Å². The van der Waals surface area contributed by atoms with Gasteiger partial charge in [-0.25, -0.2) is 0 Å². The summed E-state index contributed by atoms with van der Waals surface area (Å²) in [5.41, 5.74) is 0.730. The number of halogens is 2. The molecule has 4 rings (SSSR count). The van der Waals surface area contributed by atoms with Crippen LogP contribution in [0, 0.1) is 0 Å². The van der Waals surface area contributed by atoms with Crippen molar-refractivity contribution in [2.75, 3.05) is 31.2 Å². The minimum Gasteiger partial charge on any atom is -0.347 e. The molecule has 0 aliphatic carbocycles. The smallest absolute Gasteiger partial charge is 0.324 e. The number of ether oxygens (including phenoxy) is 2. The maximum Gasteiger partial charge on any atom is 0.324 e. The highest BCUT2D eigenvalue weighted by Crippen LogP contribution is 2.33. The molecule has 2 aliphatic rings. The fourth-order valence-corrected chi connectivity index (χ4v) is 3.49. The Morgan fingerprint density at radius 3 is 2.30 bits per heavy atom. The van der Waals surface area contributed by atoms with E-state index in [0.717, 1.165) is 31.5 Å². The maximum absolute atomic E-state index is 6.02. The molecule has 122 valence electrons. The molecule has 23 heavy (non-hydrogen) atoms. The SMILES string of the molecule is Clc1cc(Cl)cc(-c2noc(N3CCC4(CC3)OCCO4)n2)c1. The Morgan fingerprint density at radius 1 is 1.00 bits per heavy atom. The van der Waals surface area contributed by atoms with E-state index in [4.69, 9.17) is 37.2 Å². The van der Waals surface area contributed by atoms with Gasteiger partial charge in [0.2, 0.25) is 5.82 Å². The lowest BCUT2D eigenvalue weighted by molar-refractivity contribution is -0.169. The highest BCUT2D eigenvalue weighted by atomic mass is 35.5. The van der Waals surface area contributed by atoms with Crippen LogP contribution < -0.4 is 4.90 Å². The van der Waals surface area contributed by atoms with Gasteiger partial charge in [0, 0.05) is 41.5 Å². The molecule has 0 unspecified atom stereocenters. The first kappa shape index (κ1) is 15.2. The van der Waals surface area contributed by atoms with Crippen molar-refractivity contribution in [2.24, 2.45) is 0 Å². The van der Waals surface area contributed by atoms with Gasteiger partial charge < -0.3 is 18.9 Å². The normalized spacial score (nSPS) is 20.3. The van der Waals surface area contributed by atoms with Gasteiger partial charge in [-0.1, -0.05) is 28.4 Å². The van der Waals surface area contributed by atoms with Crippen LogP contribution in [0.5, 0.6) is 0 Å². The predicted octanol–water partition coefficient (Wildman–Crippen LogP) is 3.39. The summed E-state index contributed by atoms with van der Waals surface area (Å²) in [4.78, 5) is 6.49. The van der Waals surface area contributed by atoms with E-state index in [1.165, 1.54) is 0 Å². The minimum atomic E-state index is -0.417. The molecule has 6 nitrogen and oxygen atoms in total. The molecule has 0 bridgehead atoms. The molecule has 2 aromatic rings. The second-order valence-electron chi connectivity index (χ2n) is 5.65. The molecule has 1 spiro atoms. The molecule has 2 saturated heterocycles. The van der Waals surface area contributed by atoms with Crippen molar-refractivity contribution in [1.29, 1.82) is 0 Å². The van der Waals surface area contributed by atoms with E-state index < -0.39 is 5.79 Å². The average Bonchev–Trinajstić information content (AvgIpc) is 3.17. The summed E-state index contributed by atoms with van der Waals surface area (Å²) in [7, 11) is 0. The van der Waals surface area contributed by atoms with Gasteiger partial charge in [0.05, 0.1) is 13.2 Å². The molecule has 8 heteroatoms. The van der Waals surface area contributed by atoms with Gasteiger partial charge in [0.1, 0.15) is 0 Å². The summed E-state index contributed by atoms with van der Waals surface area (Å²) >= 11 is 12.0. The Balaban J connectivity index is 1.50. The number of nitrogens with zero attached hydrogens (tertiary/aromatic N) is 3. The molecule has 0 saturated carbocycles. The van der Waals surface area contributed by atoms with Crippen LogP contribution in [0.25, 0.3) is 11.4 Å². The van der Waals surface area contributed by atoms with E-state index >= 15 is 0 Å². The van der Waals surface area contributed by atoms with Crippen LogP contribution in [0.3, 0.4) is 0 Å². The first-order valence-corrected chi connectivity index (χ1v) is 8.22. The molecule has 3 heterocycles. The Labute approximate surface area is 143 Å². The summed E-state index contributed by atoms with van der Waals surface area (Å²) in [6, 6.07) is 5.67. The number of anilines is 1. The monoisotopic (exact) mass is 355 g/mol.